The van der Waals surface area contributed by atoms with E-state index in [4.69, 9.17) is 0 Å². The average Bonchev–Trinajstić information content (AvgIpc) is 2.33. The van der Waals surface area contributed by atoms with E-state index in [1.54, 1.807) is 0 Å². The Morgan fingerprint density at radius 1 is 1.11 bits per heavy atom. The lowest BCUT2D eigenvalue weighted by atomic mass is 9.96. The standard InChI is InChI=1S/C12H12F2N4O/c1-12(2,19)7-3-8(13)9(14)4-10(7)18-11-16-5-15-6-17-11/h3-6,19H,1-2H3,(H,15,16,17,18). The van der Waals surface area contributed by atoms with Crippen LogP contribution in [0.25, 0.3) is 0 Å². The van der Waals surface area contributed by atoms with Gasteiger partial charge in [0.2, 0.25) is 5.95 Å². The lowest BCUT2D eigenvalue weighted by Gasteiger charge is -2.22. The lowest BCUT2D eigenvalue weighted by Crippen LogP contribution is -2.18. The second-order valence-electron chi connectivity index (χ2n) is 4.46. The van der Waals surface area contributed by atoms with E-state index in [1.807, 2.05) is 0 Å². The Balaban J connectivity index is 2.47. The van der Waals surface area contributed by atoms with Crippen molar-refractivity contribution in [3.63, 3.8) is 0 Å². The monoisotopic (exact) mass is 266 g/mol. The van der Waals surface area contributed by atoms with Crippen molar-refractivity contribution in [1.29, 1.82) is 0 Å². The van der Waals surface area contributed by atoms with Gasteiger partial charge in [-0.05, 0) is 19.9 Å². The largest absolute Gasteiger partial charge is 0.386 e. The maximum Gasteiger partial charge on any atom is 0.230 e. The molecule has 0 aliphatic rings. The number of benzene rings is 1. The summed E-state index contributed by atoms with van der Waals surface area (Å²) in [5.74, 6) is -1.88. The molecule has 0 atom stereocenters. The Bertz CT molecular complexity index is 584. The molecule has 1 aromatic heterocycles. The molecule has 0 aliphatic carbocycles. The molecule has 0 fully saturated rings. The first kappa shape index (κ1) is 13.3. The molecule has 0 saturated carbocycles. The molecule has 5 nitrogen and oxygen atoms in total. The van der Waals surface area contributed by atoms with E-state index < -0.39 is 17.2 Å². The van der Waals surface area contributed by atoms with Crippen molar-refractivity contribution < 1.29 is 13.9 Å². The molecule has 1 heterocycles. The third-order valence-corrected chi connectivity index (χ3v) is 2.46. The van der Waals surface area contributed by atoms with Crippen LogP contribution in [0.3, 0.4) is 0 Å². The number of nitrogens with one attached hydrogen (secondary N) is 1. The number of aliphatic hydroxyl groups is 1. The third-order valence-electron chi connectivity index (χ3n) is 2.46. The predicted molar refractivity (Wildman–Crippen MR) is 64.7 cm³/mol. The summed E-state index contributed by atoms with van der Waals surface area (Å²) in [4.78, 5) is 11.3. The summed E-state index contributed by atoms with van der Waals surface area (Å²) in [6.45, 7) is 2.94. The molecule has 19 heavy (non-hydrogen) atoms. The summed E-state index contributed by atoms with van der Waals surface area (Å²) in [5, 5.41) is 12.7. The highest BCUT2D eigenvalue weighted by atomic mass is 19.2. The van der Waals surface area contributed by atoms with E-state index in [1.165, 1.54) is 26.5 Å². The van der Waals surface area contributed by atoms with Crippen LogP contribution < -0.4 is 5.32 Å². The topological polar surface area (TPSA) is 70.9 Å². The Kier molecular flexibility index (Phi) is 3.39. The minimum Gasteiger partial charge on any atom is -0.386 e. The number of hydrogen-bond acceptors (Lipinski definition) is 5. The number of halogens is 2. The average molecular weight is 266 g/mol. The Hall–Kier alpha value is -2.15. The molecule has 0 radical (unpaired) electrons. The van der Waals surface area contributed by atoms with Gasteiger partial charge in [-0.25, -0.2) is 23.7 Å². The van der Waals surface area contributed by atoms with Crippen molar-refractivity contribution in [3.05, 3.63) is 42.0 Å². The van der Waals surface area contributed by atoms with Crippen molar-refractivity contribution in [2.75, 3.05) is 5.32 Å². The molecule has 2 aromatic rings. The fraction of sp³-hybridized carbons (Fsp3) is 0.250. The molecular weight excluding hydrogens is 254 g/mol. The Morgan fingerprint density at radius 2 is 1.68 bits per heavy atom. The fourth-order valence-corrected chi connectivity index (χ4v) is 1.58. The van der Waals surface area contributed by atoms with Crippen LogP contribution in [0, 0.1) is 11.6 Å². The maximum atomic E-state index is 13.3. The van der Waals surface area contributed by atoms with Gasteiger partial charge in [-0.1, -0.05) is 0 Å². The zero-order valence-corrected chi connectivity index (χ0v) is 10.4. The van der Waals surface area contributed by atoms with Crippen molar-refractivity contribution in [2.45, 2.75) is 19.4 Å². The molecule has 2 rings (SSSR count). The Labute approximate surface area is 108 Å². The molecule has 0 aliphatic heterocycles. The van der Waals surface area contributed by atoms with Crippen LogP contribution in [-0.2, 0) is 5.60 Å². The van der Waals surface area contributed by atoms with Gasteiger partial charge in [0.1, 0.15) is 12.7 Å². The van der Waals surface area contributed by atoms with E-state index in [-0.39, 0.29) is 17.2 Å². The molecule has 7 heteroatoms. The van der Waals surface area contributed by atoms with E-state index in [2.05, 4.69) is 20.3 Å². The second kappa shape index (κ2) is 4.85. The maximum absolute atomic E-state index is 13.3. The number of hydrogen-bond donors (Lipinski definition) is 2. The van der Waals surface area contributed by atoms with Crippen LogP contribution >= 0.6 is 0 Å². The minimum absolute atomic E-state index is 0.173. The van der Waals surface area contributed by atoms with Gasteiger partial charge in [-0.15, -0.1) is 0 Å². The highest BCUT2D eigenvalue weighted by Crippen LogP contribution is 2.31. The van der Waals surface area contributed by atoms with Gasteiger partial charge in [-0.3, -0.25) is 0 Å². The first-order valence-corrected chi connectivity index (χ1v) is 5.49. The summed E-state index contributed by atoms with van der Waals surface area (Å²) in [6, 6.07) is 1.89. The fourth-order valence-electron chi connectivity index (χ4n) is 1.58. The molecule has 0 spiro atoms. The van der Waals surface area contributed by atoms with E-state index >= 15 is 0 Å². The van der Waals surface area contributed by atoms with E-state index in [9.17, 15) is 13.9 Å². The third kappa shape index (κ3) is 3.00. The number of rotatable bonds is 3. The SMILES string of the molecule is CC(C)(O)c1cc(F)c(F)cc1Nc1ncncn1. The van der Waals surface area contributed by atoms with Gasteiger partial charge in [0.15, 0.2) is 11.6 Å². The molecule has 0 unspecified atom stereocenters. The minimum atomic E-state index is -1.34. The summed E-state index contributed by atoms with van der Waals surface area (Å²) in [7, 11) is 0. The normalized spacial score (nSPS) is 11.4. The lowest BCUT2D eigenvalue weighted by molar-refractivity contribution is 0.0789. The van der Waals surface area contributed by atoms with E-state index in [0.717, 1.165) is 12.1 Å². The van der Waals surface area contributed by atoms with Crippen LogP contribution in [0.4, 0.5) is 20.4 Å². The summed E-state index contributed by atoms with van der Waals surface area (Å²) >= 11 is 0. The number of aromatic nitrogens is 3. The second-order valence-corrected chi connectivity index (χ2v) is 4.46. The highest BCUT2D eigenvalue weighted by Gasteiger charge is 2.23. The number of nitrogens with zero attached hydrogens (tertiary/aromatic N) is 3. The van der Waals surface area contributed by atoms with Crippen LogP contribution in [0.1, 0.15) is 19.4 Å². The van der Waals surface area contributed by atoms with Gasteiger partial charge >= 0.3 is 0 Å². The first-order valence-electron chi connectivity index (χ1n) is 5.49. The summed E-state index contributed by atoms with van der Waals surface area (Å²) < 4.78 is 26.6. The van der Waals surface area contributed by atoms with Gasteiger partial charge in [-0.2, -0.15) is 0 Å². The summed E-state index contributed by atoms with van der Waals surface area (Å²) in [6.07, 6.45) is 2.53. The van der Waals surface area contributed by atoms with Crippen LogP contribution in [0.15, 0.2) is 24.8 Å². The zero-order chi connectivity index (χ0) is 14.0. The molecule has 0 amide bonds. The quantitative estimate of drug-likeness (QED) is 0.890. The predicted octanol–water partition coefficient (Wildman–Crippen LogP) is 2.12. The molecule has 0 saturated heterocycles. The molecule has 0 bridgehead atoms. The van der Waals surface area contributed by atoms with E-state index in [0.29, 0.717) is 0 Å². The summed E-state index contributed by atoms with van der Waals surface area (Å²) in [5.41, 5.74) is -0.950. The van der Waals surface area contributed by atoms with Crippen LogP contribution in [-0.4, -0.2) is 20.1 Å². The molecular formula is C12H12F2N4O. The molecule has 2 N–H and O–H groups in total. The van der Waals surface area contributed by atoms with Crippen LogP contribution in [0.5, 0.6) is 0 Å². The van der Waals surface area contributed by atoms with Gasteiger partial charge in [0, 0.05) is 11.6 Å². The first-order chi connectivity index (χ1) is 8.88. The van der Waals surface area contributed by atoms with Gasteiger partial charge in [0.25, 0.3) is 0 Å². The van der Waals surface area contributed by atoms with Gasteiger partial charge < -0.3 is 10.4 Å². The highest BCUT2D eigenvalue weighted by molar-refractivity contribution is 5.60. The van der Waals surface area contributed by atoms with Crippen molar-refractivity contribution in [2.24, 2.45) is 0 Å². The van der Waals surface area contributed by atoms with Gasteiger partial charge in [0.05, 0.1) is 11.3 Å². The zero-order valence-electron chi connectivity index (χ0n) is 10.4. The van der Waals surface area contributed by atoms with Crippen molar-refractivity contribution in [3.8, 4) is 0 Å². The van der Waals surface area contributed by atoms with Crippen LogP contribution in [0.2, 0.25) is 0 Å². The van der Waals surface area contributed by atoms with Crippen molar-refractivity contribution in [1.82, 2.24) is 15.0 Å². The smallest absolute Gasteiger partial charge is 0.230 e. The molecule has 100 valence electrons. The number of anilines is 2. The Morgan fingerprint density at radius 3 is 2.26 bits per heavy atom. The van der Waals surface area contributed by atoms with Crippen molar-refractivity contribution >= 4 is 11.6 Å². The molecule has 1 aromatic carbocycles.